The maximum Gasteiger partial charge on any atom is 0.229 e. The summed E-state index contributed by atoms with van der Waals surface area (Å²) in [6, 6.07) is 13.0. The van der Waals surface area contributed by atoms with E-state index >= 15 is 0 Å². The van der Waals surface area contributed by atoms with Crippen LogP contribution in [-0.4, -0.2) is 16.5 Å². The van der Waals surface area contributed by atoms with Gasteiger partial charge in [0.1, 0.15) is 5.82 Å². The first-order valence-electron chi connectivity index (χ1n) is 7.01. The van der Waals surface area contributed by atoms with Crippen LogP contribution in [0.25, 0.3) is 10.9 Å². The minimum atomic E-state index is 0.458. The number of nitrogens with one attached hydrogen (secondary N) is 2. The van der Waals surface area contributed by atoms with E-state index in [-0.39, 0.29) is 0 Å². The third-order valence-electron chi connectivity index (χ3n) is 3.19. The molecule has 0 saturated heterocycles. The SMILES string of the molecule is C=CCNc1nc(Nc2ccc(Cl)cc2Cl)nc2ccccc12. The number of rotatable bonds is 5. The predicted octanol–water partition coefficient (Wildman–Crippen LogP) is 5.28. The van der Waals surface area contributed by atoms with Gasteiger partial charge in [-0.15, -0.1) is 6.58 Å². The van der Waals surface area contributed by atoms with E-state index in [0.29, 0.717) is 28.2 Å². The van der Waals surface area contributed by atoms with Crippen molar-refractivity contribution in [2.75, 3.05) is 17.2 Å². The summed E-state index contributed by atoms with van der Waals surface area (Å²) in [5.41, 5.74) is 1.53. The fraction of sp³-hybridized carbons (Fsp3) is 0.0588. The number of anilines is 3. The molecule has 2 N–H and O–H groups in total. The zero-order valence-corrected chi connectivity index (χ0v) is 13.7. The molecule has 0 saturated carbocycles. The Morgan fingerprint density at radius 1 is 1.09 bits per heavy atom. The van der Waals surface area contributed by atoms with Gasteiger partial charge in [0.2, 0.25) is 5.95 Å². The largest absolute Gasteiger partial charge is 0.366 e. The molecular formula is C17H14Cl2N4. The summed E-state index contributed by atoms with van der Waals surface area (Å²) in [7, 11) is 0. The molecule has 3 rings (SSSR count). The summed E-state index contributed by atoms with van der Waals surface area (Å²) in [6.45, 7) is 4.33. The Kier molecular flexibility index (Phi) is 4.65. The van der Waals surface area contributed by atoms with Gasteiger partial charge in [-0.25, -0.2) is 4.98 Å². The molecule has 0 amide bonds. The highest BCUT2D eigenvalue weighted by Crippen LogP contribution is 2.29. The highest BCUT2D eigenvalue weighted by molar-refractivity contribution is 6.36. The maximum atomic E-state index is 6.19. The van der Waals surface area contributed by atoms with Crippen LogP contribution in [-0.2, 0) is 0 Å². The van der Waals surface area contributed by atoms with Crippen LogP contribution in [0.3, 0.4) is 0 Å². The highest BCUT2D eigenvalue weighted by Gasteiger charge is 2.09. The van der Waals surface area contributed by atoms with E-state index in [1.165, 1.54) is 0 Å². The molecule has 6 heteroatoms. The van der Waals surface area contributed by atoms with Gasteiger partial charge in [-0.2, -0.15) is 4.98 Å². The second-order valence-corrected chi connectivity index (χ2v) is 5.68. The zero-order chi connectivity index (χ0) is 16.2. The summed E-state index contributed by atoms with van der Waals surface area (Å²) >= 11 is 12.1. The minimum absolute atomic E-state index is 0.458. The first-order valence-corrected chi connectivity index (χ1v) is 7.76. The number of para-hydroxylation sites is 1. The van der Waals surface area contributed by atoms with Crippen LogP contribution in [0.5, 0.6) is 0 Å². The van der Waals surface area contributed by atoms with Gasteiger partial charge in [-0.05, 0) is 30.3 Å². The topological polar surface area (TPSA) is 49.8 Å². The molecule has 2 aromatic carbocycles. The molecule has 1 aromatic heterocycles. The van der Waals surface area contributed by atoms with Crippen LogP contribution < -0.4 is 10.6 Å². The highest BCUT2D eigenvalue weighted by atomic mass is 35.5. The fourth-order valence-corrected chi connectivity index (χ4v) is 2.60. The van der Waals surface area contributed by atoms with E-state index in [9.17, 15) is 0 Å². The summed E-state index contributed by atoms with van der Waals surface area (Å²) in [6.07, 6.45) is 1.78. The van der Waals surface area contributed by atoms with Crippen LogP contribution in [0.2, 0.25) is 10.0 Å². The molecule has 23 heavy (non-hydrogen) atoms. The normalized spacial score (nSPS) is 10.5. The van der Waals surface area contributed by atoms with Gasteiger partial charge in [0.15, 0.2) is 0 Å². The molecule has 0 aliphatic heterocycles. The van der Waals surface area contributed by atoms with Crippen molar-refractivity contribution in [3.05, 3.63) is 65.2 Å². The average Bonchev–Trinajstić information content (AvgIpc) is 2.55. The number of benzene rings is 2. The number of fused-ring (bicyclic) bond motifs is 1. The van der Waals surface area contributed by atoms with E-state index in [2.05, 4.69) is 27.2 Å². The maximum absolute atomic E-state index is 6.19. The van der Waals surface area contributed by atoms with E-state index < -0.39 is 0 Å². The van der Waals surface area contributed by atoms with E-state index in [4.69, 9.17) is 23.2 Å². The molecule has 0 radical (unpaired) electrons. The third-order valence-corrected chi connectivity index (χ3v) is 3.74. The van der Waals surface area contributed by atoms with Crippen molar-refractivity contribution in [1.82, 2.24) is 9.97 Å². The molecule has 116 valence electrons. The van der Waals surface area contributed by atoms with Crippen molar-refractivity contribution in [2.24, 2.45) is 0 Å². The fourth-order valence-electron chi connectivity index (χ4n) is 2.15. The monoisotopic (exact) mass is 344 g/mol. The van der Waals surface area contributed by atoms with Crippen LogP contribution in [0.4, 0.5) is 17.5 Å². The Morgan fingerprint density at radius 2 is 1.91 bits per heavy atom. The molecule has 0 aliphatic carbocycles. The second kappa shape index (κ2) is 6.86. The first-order chi connectivity index (χ1) is 11.2. The Morgan fingerprint density at radius 3 is 2.70 bits per heavy atom. The van der Waals surface area contributed by atoms with Crippen molar-refractivity contribution in [3.8, 4) is 0 Å². The molecule has 0 unspecified atom stereocenters. The Bertz CT molecular complexity index is 864. The molecule has 0 aliphatic rings. The van der Waals surface area contributed by atoms with Gasteiger partial charge in [0.05, 0.1) is 16.2 Å². The smallest absolute Gasteiger partial charge is 0.229 e. The van der Waals surface area contributed by atoms with Crippen LogP contribution in [0.1, 0.15) is 0 Å². The van der Waals surface area contributed by atoms with Gasteiger partial charge in [-0.1, -0.05) is 41.4 Å². The lowest BCUT2D eigenvalue weighted by Gasteiger charge is -2.11. The zero-order valence-electron chi connectivity index (χ0n) is 12.2. The summed E-state index contributed by atoms with van der Waals surface area (Å²) in [5.74, 6) is 1.20. The molecule has 4 nitrogen and oxygen atoms in total. The van der Waals surface area contributed by atoms with Crippen molar-refractivity contribution in [1.29, 1.82) is 0 Å². The van der Waals surface area contributed by atoms with Gasteiger partial charge < -0.3 is 10.6 Å². The van der Waals surface area contributed by atoms with Gasteiger partial charge in [-0.3, -0.25) is 0 Å². The quantitative estimate of drug-likeness (QED) is 0.618. The summed E-state index contributed by atoms with van der Waals surface area (Å²) in [5, 5.41) is 8.39. The Balaban J connectivity index is 2.01. The second-order valence-electron chi connectivity index (χ2n) is 4.83. The predicted molar refractivity (Wildman–Crippen MR) is 98.0 cm³/mol. The molecule has 0 fully saturated rings. The average molecular weight is 345 g/mol. The van der Waals surface area contributed by atoms with Gasteiger partial charge in [0.25, 0.3) is 0 Å². The van der Waals surface area contributed by atoms with Crippen molar-refractivity contribution in [3.63, 3.8) is 0 Å². The van der Waals surface area contributed by atoms with Crippen LogP contribution >= 0.6 is 23.2 Å². The molecule has 1 heterocycles. The van der Waals surface area contributed by atoms with Crippen molar-refractivity contribution in [2.45, 2.75) is 0 Å². The Hall–Kier alpha value is -2.30. The molecule has 0 spiro atoms. The standard InChI is InChI=1S/C17H14Cl2N4/c1-2-9-20-16-12-5-3-4-6-14(12)21-17(23-16)22-15-8-7-11(18)10-13(15)19/h2-8,10H,1,9H2,(H2,20,21,22,23). The molecule has 0 atom stereocenters. The molecular weight excluding hydrogens is 331 g/mol. The lowest BCUT2D eigenvalue weighted by atomic mass is 10.2. The number of halogens is 2. The van der Waals surface area contributed by atoms with Crippen LogP contribution in [0, 0.1) is 0 Å². The van der Waals surface area contributed by atoms with Crippen molar-refractivity contribution < 1.29 is 0 Å². The lowest BCUT2D eigenvalue weighted by molar-refractivity contribution is 1.18. The number of hydrogen-bond acceptors (Lipinski definition) is 4. The van der Waals surface area contributed by atoms with Crippen molar-refractivity contribution >= 4 is 51.6 Å². The molecule has 3 aromatic rings. The van der Waals surface area contributed by atoms with E-state index in [1.807, 2.05) is 24.3 Å². The van der Waals surface area contributed by atoms with Gasteiger partial charge >= 0.3 is 0 Å². The summed E-state index contributed by atoms with van der Waals surface area (Å²) in [4.78, 5) is 9.05. The van der Waals surface area contributed by atoms with Gasteiger partial charge in [0, 0.05) is 17.0 Å². The lowest BCUT2D eigenvalue weighted by Crippen LogP contribution is -2.05. The molecule has 0 bridgehead atoms. The minimum Gasteiger partial charge on any atom is -0.366 e. The summed E-state index contributed by atoms with van der Waals surface area (Å²) < 4.78 is 0. The number of aromatic nitrogens is 2. The van der Waals surface area contributed by atoms with E-state index in [1.54, 1.807) is 24.3 Å². The van der Waals surface area contributed by atoms with E-state index in [0.717, 1.165) is 16.7 Å². The number of nitrogens with zero attached hydrogens (tertiary/aromatic N) is 2. The number of hydrogen-bond donors (Lipinski definition) is 2. The van der Waals surface area contributed by atoms with Crippen LogP contribution in [0.15, 0.2) is 55.1 Å². The first kappa shape index (κ1) is 15.6. The third kappa shape index (κ3) is 3.55. The Labute approximate surface area is 144 Å².